The van der Waals surface area contributed by atoms with Crippen LogP contribution >= 0.6 is 0 Å². The van der Waals surface area contributed by atoms with Gasteiger partial charge in [-0.1, -0.05) is 0 Å². The Morgan fingerprint density at radius 2 is 2.36 bits per heavy atom. The molecule has 0 aliphatic carbocycles. The molecule has 1 aliphatic heterocycles. The molecule has 2 heterocycles. The van der Waals surface area contributed by atoms with Crippen LogP contribution in [0.4, 0.5) is 5.69 Å². The van der Waals surface area contributed by atoms with Crippen LogP contribution in [0.2, 0.25) is 0 Å². The van der Waals surface area contributed by atoms with Gasteiger partial charge in [0.25, 0.3) is 0 Å². The van der Waals surface area contributed by atoms with Gasteiger partial charge in [-0.05, 0) is 33.4 Å². The minimum Gasteiger partial charge on any atom is -0.396 e. The summed E-state index contributed by atoms with van der Waals surface area (Å²) >= 11 is 0. The number of likely N-dealkylation sites (N-methyl/N-ethyl adjacent to an activating group) is 1. The second-order valence-corrected chi connectivity index (χ2v) is 4.19. The maximum atomic E-state index is 5.79. The summed E-state index contributed by atoms with van der Waals surface area (Å²) in [6.45, 7) is 4.32. The second kappa shape index (κ2) is 3.61. The van der Waals surface area contributed by atoms with Crippen LogP contribution < -0.4 is 5.73 Å². The molecule has 1 fully saturated rings. The number of nitrogens with two attached hydrogens (primary N) is 1. The first-order valence-corrected chi connectivity index (χ1v) is 5.16. The molecule has 1 aromatic heterocycles. The molecule has 0 bridgehead atoms. The predicted molar refractivity (Wildman–Crippen MR) is 57.1 cm³/mol. The van der Waals surface area contributed by atoms with Gasteiger partial charge in [-0.2, -0.15) is 5.10 Å². The lowest BCUT2D eigenvalue weighted by molar-refractivity contribution is 0.201. The van der Waals surface area contributed by atoms with Crippen LogP contribution in [-0.4, -0.2) is 34.8 Å². The monoisotopic (exact) mass is 194 g/mol. The summed E-state index contributed by atoms with van der Waals surface area (Å²) in [5.74, 6) is 0. The molecule has 0 amide bonds. The summed E-state index contributed by atoms with van der Waals surface area (Å²) in [6, 6.07) is 0.506. The highest BCUT2D eigenvalue weighted by Gasteiger charge is 2.20. The molecule has 0 radical (unpaired) electrons. The molecule has 14 heavy (non-hydrogen) atoms. The molecule has 0 spiro atoms. The molecular weight excluding hydrogens is 176 g/mol. The summed E-state index contributed by atoms with van der Waals surface area (Å²) in [6.07, 6.45) is 4.22. The van der Waals surface area contributed by atoms with Crippen molar-refractivity contribution in [2.75, 3.05) is 25.9 Å². The molecule has 4 heteroatoms. The molecule has 1 atom stereocenters. The van der Waals surface area contributed by atoms with Crippen molar-refractivity contribution in [1.82, 2.24) is 14.7 Å². The van der Waals surface area contributed by atoms with Crippen LogP contribution in [0.3, 0.4) is 0 Å². The van der Waals surface area contributed by atoms with Gasteiger partial charge >= 0.3 is 0 Å². The number of nitrogens with zero attached hydrogens (tertiary/aromatic N) is 3. The van der Waals surface area contributed by atoms with E-state index in [0.29, 0.717) is 6.04 Å². The van der Waals surface area contributed by atoms with E-state index in [4.69, 9.17) is 5.73 Å². The third-order valence-corrected chi connectivity index (χ3v) is 3.03. The Labute approximate surface area is 84.7 Å². The first-order valence-electron chi connectivity index (χ1n) is 5.16. The Kier molecular flexibility index (Phi) is 2.46. The average Bonchev–Trinajstić information content (AvgIpc) is 2.48. The van der Waals surface area contributed by atoms with Gasteiger partial charge in [0.2, 0.25) is 0 Å². The van der Waals surface area contributed by atoms with Gasteiger partial charge in [-0.15, -0.1) is 0 Å². The van der Waals surface area contributed by atoms with Crippen LogP contribution in [0.1, 0.15) is 24.6 Å². The molecule has 2 N–H and O–H groups in total. The summed E-state index contributed by atoms with van der Waals surface area (Å²) in [7, 11) is 2.16. The minimum absolute atomic E-state index is 0.506. The number of hydrogen-bond acceptors (Lipinski definition) is 3. The van der Waals surface area contributed by atoms with Crippen molar-refractivity contribution in [3.8, 4) is 0 Å². The third kappa shape index (κ3) is 1.62. The average molecular weight is 194 g/mol. The van der Waals surface area contributed by atoms with Gasteiger partial charge < -0.3 is 10.6 Å². The smallest absolute Gasteiger partial charge is 0.0730 e. The molecule has 2 rings (SSSR count). The fourth-order valence-electron chi connectivity index (χ4n) is 2.14. The van der Waals surface area contributed by atoms with Crippen LogP contribution in [0, 0.1) is 6.92 Å². The molecule has 78 valence electrons. The van der Waals surface area contributed by atoms with Crippen molar-refractivity contribution in [1.29, 1.82) is 0 Å². The van der Waals surface area contributed by atoms with E-state index in [1.165, 1.54) is 19.4 Å². The standard InChI is InChI=1S/C10H18N4/c1-8-10(11)6-12-14(8)9-4-3-5-13(2)7-9/h6,9H,3-5,7,11H2,1-2H3/t9-/m1/s1. The van der Waals surface area contributed by atoms with Gasteiger partial charge in [-0.25, -0.2) is 0 Å². The first kappa shape index (κ1) is 9.52. The highest BCUT2D eigenvalue weighted by molar-refractivity contribution is 5.39. The Morgan fingerprint density at radius 3 is 2.93 bits per heavy atom. The van der Waals surface area contributed by atoms with E-state index in [2.05, 4.69) is 21.7 Å². The lowest BCUT2D eigenvalue weighted by atomic mass is 10.1. The number of piperidine rings is 1. The van der Waals surface area contributed by atoms with Gasteiger partial charge in [0.15, 0.2) is 0 Å². The highest BCUT2D eigenvalue weighted by atomic mass is 15.3. The summed E-state index contributed by atoms with van der Waals surface area (Å²) in [5.41, 5.74) is 7.69. The van der Waals surface area contributed by atoms with Crippen LogP contribution in [0.15, 0.2) is 6.20 Å². The van der Waals surface area contributed by atoms with Gasteiger partial charge in [0, 0.05) is 6.54 Å². The van der Waals surface area contributed by atoms with Gasteiger partial charge in [-0.3, -0.25) is 4.68 Å². The Balaban J connectivity index is 2.18. The van der Waals surface area contributed by atoms with Crippen molar-refractivity contribution in [3.63, 3.8) is 0 Å². The van der Waals surface area contributed by atoms with E-state index in [1.54, 1.807) is 6.20 Å². The number of aromatic nitrogens is 2. The minimum atomic E-state index is 0.506. The van der Waals surface area contributed by atoms with Crippen LogP contribution in [-0.2, 0) is 0 Å². The van der Waals surface area contributed by atoms with Crippen LogP contribution in [0.25, 0.3) is 0 Å². The molecular formula is C10H18N4. The topological polar surface area (TPSA) is 47.1 Å². The van der Waals surface area contributed by atoms with Crippen LogP contribution in [0.5, 0.6) is 0 Å². The fraction of sp³-hybridized carbons (Fsp3) is 0.700. The summed E-state index contributed by atoms with van der Waals surface area (Å²) in [5, 5.41) is 4.34. The molecule has 1 saturated heterocycles. The number of anilines is 1. The lowest BCUT2D eigenvalue weighted by Gasteiger charge is -2.30. The maximum Gasteiger partial charge on any atom is 0.0730 e. The normalized spacial score (nSPS) is 24.0. The van der Waals surface area contributed by atoms with Crippen molar-refractivity contribution in [3.05, 3.63) is 11.9 Å². The molecule has 1 aromatic rings. The van der Waals surface area contributed by atoms with Crippen molar-refractivity contribution < 1.29 is 0 Å². The largest absolute Gasteiger partial charge is 0.396 e. The number of hydrogen-bond donors (Lipinski definition) is 1. The summed E-state index contributed by atoms with van der Waals surface area (Å²) < 4.78 is 2.07. The van der Waals surface area contributed by atoms with E-state index in [0.717, 1.165) is 17.9 Å². The van der Waals surface area contributed by atoms with Crippen molar-refractivity contribution >= 4 is 5.69 Å². The van der Waals surface area contributed by atoms with Crippen molar-refractivity contribution in [2.45, 2.75) is 25.8 Å². The number of rotatable bonds is 1. The molecule has 0 saturated carbocycles. The second-order valence-electron chi connectivity index (χ2n) is 4.19. The third-order valence-electron chi connectivity index (χ3n) is 3.03. The molecule has 1 aliphatic rings. The number of likely N-dealkylation sites (tertiary alicyclic amines) is 1. The zero-order valence-electron chi connectivity index (χ0n) is 8.90. The SMILES string of the molecule is Cc1c(N)cnn1[C@@H]1CCCN(C)C1. The molecule has 0 aromatic carbocycles. The Hall–Kier alpha value is -1.03. The van der Waals surface area contributed by atoms with E-state index in [9.17, 15) is 0 Å². The maximum absolute atomic E-state index is 5.79. The van der Waals surface area contributed by atoms with E-state index >= 15 is 0 Å². The predicted octanol–water partition coefficient (Wildman–Crippen LogP) is 1.04. The molecule has 4 nitrogen and oxygen atoms in total. The quantitative estimate of drug-likeness (QED) is 0.726. The van der Waals surface area contributed by atoms with Gasteiger partial charge in [0.05, 0.1) is 23.6 Å². The molecule has 0 unspecified atom stereocenters. The Morgan fingerprint density at radius 1 is 1.57 bits per heavy atom. The number of nitrogen functional groups attached to an aromatic ring is 1. The zero-order valence-corrected chi connectivity index (χ0v) is 8.90. The Bertz CT molecular complexity index is 318. The fourth-order valence-corrected chi connectivity index (χ4v) is 2.14. The van der Waals surface area contributed by atoms with E-state index < -0.39 is 0 Å². The lowest BCUT2D eigenvalue weighted by Crippen LogP contribution is -2.34. The van der Waals surface area contributed by atoms with Crippen molar-refractivity contribution in [2.24, 2.45) is 0 Å². The van der Waals surface area contributed by atoms with Gasteiger partial charge in [0.1, 0.15) is 0 Å². The van der Waals surface area contributed by atoms with E-state index in [-0.39, 0.29) is 0 Å². The summed E-state index contributed by atoms with van der Waals surface area (Å²) in [4.78, 5) is 2.35. The highest BCUT2D eigenvalue weighted by Crippen LogP contribution is 2.23. The first-order chi connectivity index (χ1) is 6.68. The van der Waals surface area contributed by atoms with E-state index in [1.807, 2.05) is 6.92 Å². The zero-order chi connectivity index (χ0) is 10.1.